The maximum absolute atomic E-state index is 12.8. The summed E-state index contributed by atoms with van der Waals surface area (Å²) < 4.78 is 20.1. The Morgan fingerprint density at radius 3 is 2.70 bits per heavy atom. The van der Waals surface area contributed by atoms with Crippen molar-refractivity contribution in [3.8, 4) is 5.75 Å². The Balaban J connectivity index is 1.77. The van der Waals surface area contributed by atoms with E-state index in [1.807, 2.05) is 20.9 Å². The largest absolute Gasteiger partial charge is 0.491 e. The Kier molecular flexibility index (Phi) is 5.97. The molecule has 2 unspecified atom stereocenters. The fourth-order valence-electron chi connectivity index (χ4n) is 1.74. The number of amides is 1. The molecule has 1 amide bonds. The zero-order chi connectivity index (χ0) is 16.8. The van der Waals surface area contributed by atoms with Crippen molar-refractivity contribution >= 4 is 17.7 Å². The van der Waals surface area contributed by atoms with Gasteiger partial charge in [0.15, 0.2) is 5.16 Å². The fraction of sp³-hybridized carbons (Fsp3) is 0.400. The standard InChI is InChI=1S/C15H19FN4O2S/c1-10(8-22-13-6-4-12(16)5-7-13)18-14(21)11(2)23-15-19-17-9-20(15)3/h4-7,9-11H,8H2,1-3H3,(H,18,21). The highest BCUT2D eigenvalue weighted by Gasteiger charge is 2.19. The number of aromatic nitrogens is 3. The number of benzene rings is 1. The molecule has 1 aromatic carbocycles. The monoisotopic (exact) mass is 338 g/mol. The maximum Gasteiger partial charge on any atom is 0.233 e. The molecule has 6 nitrogen and oxygen atoms in total. The zero-order valence-electron chi connectivity index (χ0n) is 13.2. The Hall–Kier alpha value is -2.09. The van der Waals surface area contributed by atoms with Gasteiger partial charge in [0, 0.05) is 7.05 Å². The number of halogens is 1. The van der Waals surface area contributed by atoms with Crippen LogP contribution in [0, 0.1) is 5.82 Å². The summed E-state index contributed by atoms with van der Waals surface area (Å²) in [6.07, 6.45) is 1.59. The number of aryl methyl sites for hydroxylation is 1. The SMILES string of the molecule is CC(COc1ccc(F)cc1)NC(=O)C(C)Sc1nncn1C. The lowest BCUT2D eigenvalue weighted by Gasteiger charge is -2.17. The molecule has 0 saturated carbocycles. The first-order valence-corrected chi connectivity index (χ1v) is 8.03. The molecule has 0 aliphatic carbocycles. The molecule has 1 N–H and O–H groups in total. The topological polar surface area (TPSA) is 69.0 Å². The second-order valence-electron chi connectivity index (χ2n) is 5.16. The van der Waals surface area contributed by atoms with Crippen LogP contribution >= 0.6 is 11.8 Å². The predicted molar refractivity (Wildman–Crippen MR) is 85.8 cm³/mol. The van der Waals surface area contributed by atoms with Crippen LogP contribution in [0.2, 0.25) is 0 Å². The highest BCUT2D eigenvalue weighted by molar-refractivity contribution is 8.00. The van der Waals surface area contributed by atoms with Crippen LogP contribution < -0.4 is 10.1 Å². The van der Waals surface area contributed by atoms with Crippen molar-refractivity contribution in [3.05, 3.63) is 36.4 Å². The number of rotatable bonds is 7. The minimum Gasteiger partial charge on any atom is -0.491 e. The highest BCUT2D eigenvalue weighted by atomic mass is 32.2. The van der Waals surface area contributed by atoms with Crippen molar-refractivity contribution in [2.75, 3.05) is 6.61 Å². The van der Waals surface area contributed by atoms with Crippen LogP contribution in [-0.2, 0) is 11.8 Å². The van der Waals surface area contributed by atoms with E-state index in [9.17, 15) is 9.18 Å². The third-order valence-corrected chi connectivity index (χ3v) is 4.17. The molecule has 0 aliphatic heterocycles. The molecule has 8 heteroatoms. The molecule has 23 heavy (non-hydrogen) atoms. The van der Waals surface area contributed by atoms with Crippen molar-refractivity contribution in [2.24, 2.45) is 7.05 Å². The van der Waals surface area contributed by atoms with Crippen LogP contribution in [0.25, 0.3) is 0 Å². The minimum absolute atomic E-state index is 0.104. The van der Waals surface area contributed by atoms with E-state index in [0.29, 0.717) is 17.5 Å². The van der Waals surface area contributed by atoms with Gasteiger partial charge in [0.05, 0.1) is 11.3 Å². The molecule has 1 aromatic heterocycles. The Labute approximate surface area is 138 Å². The van der Waals surface area contributed by atoms with Crippen molar-refractivity contribution in [3.63, 3.8) is 0 Å². The highest BCUT2D eigenvalue weighted by Crippen LogP contribution is 2.20. The smallest absolute Gasteiger partial charge is 0.233 e. The minimum atomic E-state index is -0.312. The maximum atomic E-state index is 12.8. The van der Waals surface area contributed by atoms with E-state index in [1.165, 1.54) is 23.9 Å². The third-order valence-electron chi connectivity index (χ3n) is 3.02. The van der Waals surface area contributed by atoms with E-state index < -0.39 is 0 Å². The molecule has 0 fully saturated rings. The van der Waals surface area contributed by atoms with Crippen molar-refractivity contribution < 1.29 is 13.9 Å². The molecule has 0 aliphatic rings. The Morgan fingerprint density at radius 1 is 1.39 bits per heavy atom. The van der Waals surface area contributed by atoms with E-state index >= 15 is 0 Å². The molecular weight excluding hydrogens is 319 g/mol. The molecule has 2 aromatic rings. The first-order valence-electron chi connectivity index (χ1n) is 7.15. The molecule has 124 valence electrons. The number of nitrogens with one attached hydrogen (secondary N) is 1. The molecule has 1 heterocycles. The number of carbonyl (C=O) groups is 1. The van der Waals surface area contributed by atoms with Crippen molar-refractivity contribution in [2.45, 2.75) is 30.3 Å². The lowest BCUT2D eigenvalue weighted by Crippen LogP contribution is -2.40. The van der Waals surface area contributed by atoms with Crippen LogP contribution in [0.3, 0.4) is 0 Å². The van der Waals surface area contributed by atoms with E-state index in [4.69, 9.17) is 4.74 Å². The lowest BCUT2D eigenvalue weighted by molar-refractivity contribution is -0.121. The average Bonchev–Trinajstić information content (AvgIpc) is 2.91. The van der Waals surface area contributed by atoms with Gasteiger partial charge in [-0.25, -0.2) is 4.39 Å². The number of hydrogen-bond donors (Lipinski definition) is 1. The fourth-order valence-corrected chi connectivity index (χ4v) is 2.54. The summed E-state index contributed by atoms with van der Waals surface area (Å²) in [4.78, 5) is 12.2. The van der Waals surface area contributed by atoms with Gasteiger partial charge in [-0.3, -0.25) is 4.79 Å². The summed E-state index contributed by atoms with van der Waals surface area (Å²) in [7, 11) is 1.83. The number of ether oxygens (including phenoxy) is 1. The molecule has 0 spiro atoms. The molecule has 0 bridgehead atoms. The summed E-state index contributed by atoms with van der Waals surface area (Å²) in [5.74, 6) is 0.149. The van der Waals surface area contributed by atoms with E-state index in [-0.39, 0.29) is 23.0 Å². The van der Waals surface area contributed by atoms with Gasteiger partial charge in [-0.15, -0.1) is 10.2 Å². The first-order chi connectivity index (χ1) is 11.0. The zero-order valence-corrected chi connectivity index (χ0v) is 14.0. The molecule has 2 rings (SSSR count). The normalized spacial score (nSPS) is 13.4. The van der Waals surface area contributed by atoms with Gasteiger partial charge >= 0.3 is 0 Å². The quantitative estimate of drug-likeness (QED) is 0.782. The number of carbonyl (C=O) groups excluding carboxylic acids is 1. The number of hydrogen-bond acceptors (Lipinski definition) is 5. The lowest BCUT2D eigenvalue weighted by atomic mass is 10.3. The van der Waals surface area contributed by atoms with Crippen LogP contribution in [0.5, 0.6) is 5.75 Å². The van der Waals surface area contributed by atoms with Gasteiger partial charge in [0.1, 0.15) is 24.5 Å². The van der Waals surface area contributed by atoms with Crippen molar-refractivity contribution in [1.82, 2.24) is 20.1 Å². The van der Waals surface area contributed by atoms with Gasteiger partial charge in [0.2, 0.25) is 5.91 Å². The van der Waals surface area contributed by atoms with Gasteiger partial charge in [-0.2, -0.15) is 0 Å². The number of nitrogens with zero attached hydrogens (tertiary/aromatic N) is 3. The van der Waals surface area contributed by atoms with E-state index in [1.54, 1.807) is 23.0 Å². The summed E-state index contributed by atoms with van der Waals surface area (Å²) >= 11 is 1.34. The molecule has 2 atom stereocenters. The molecule has 0 saturated heterocycles. The second-order valence-corrected chi connectivity index (χ2v) is 6.47. The molecular formula is C15H19FN4O2S. The third kappa shape index (κ3) is 5.24. The Morgan fingerprint density at radius 2 is 2.09 bits per heavy atom. The average molecular weight is 338 g/mol. The summed E-state index contributed by atoms with van der Waals surface area (Å²) in [5.41, 5.74) is 0. The predicted octanol–water partition coefficient (Wildman–Crippen LogP) is 2.02. The van der Waals surface area contributed by atoms with Crippen LogP contribution in [-0.4, -0.2) is 38.6 Å². The van der Waals surface area contributed by atoms with Gasteiger partial charge in [-0.05, 0) is 38.1 Å². The van der Waals surface area contributed by atoms with Crippen LogP contribution in [0.4, 0.5) is 4.39 Å². The van der Waals surface area contributed by atoms with Gasteiger partial charge < -0.3 is 14.6 Å². The summed E-state index contributed by atoms with van der Waals surface area (Å²) in [6.45, 7) is 3.96. The van der Waals surface area contributed by atoms with Crippen LogP contribution in [0.1, 0.15) is 13.8 Å². The molecule has 0 radical (unpaired) electrons. The van der Waals surface area contributed by atoms with Gasteiger partial charge in [0.25, 0.3) is 0 Å². The van der Waals surface area contributed by atoms with E-state index in [0.717, 1.165) is 0 Å². The first kappa shape index (κ1) is 17.3. The Bertz CT molecular complexity index is 647. The number of thioether (sulfide) groups is 1. The van der Waals surface area contributed by atoms with Gasteiger partial charge in [-0.1, -0.05) is 11.8 Å². The van der Waals surface area contributed by atoms with E-state index in [2.05, 4.69) is 15.5 Å². The van der Waals surface area contributed by atoms with Crippen molar-refractivity contribution in [1.29, 1.82) is 0 Å². The summed E-state index contributed by atoms with van der Waals surface area (Å²) in [6, 6.07) is 5.60. The van der Waals surface area contributed by atoms with Crippen LogP contribution in [0.15, 0.2) is 35.7 Å². The summed E-state index contributed by atoms with van der Waals surface area (Å²) in [5, 5.41) is 11.0. The second kappa shape index (κ2) is 7.96.